The molecule has 0 aliphatic heterocycles. The van der Waals surface area contributed by atoms with E-state index in [4.69, 9.17) is 5.73 Å². The Morgan fingerprint density at radius 1 is 1.23 bits per heavy atom. The Morgan fingerprint density at radius 2 is 1.69 bits per heavy atom. The average molecular weight is 183 g/mol. The van der Waals surface area contributed by atoms with Crippen molar-refractivity contribution < 1.29 is 15.3 Å². The highest BCUT2D eigenvalue weighted by molar-refractivity contribution is 5.44. The summed E-state index contributed by atoms with van der Waals surface area (Å²) >= 11 is 0. The van der Waals surface area contributed by atoms with Gasteiger partial charge in [-0.2, -0.15) is 0 Å². The molecule has 0 aromatic heterocycles. The minimum absolute atomic E-state index is 0.0810. The fourth-order valence-corrected chi connectivity index (χ4v) is 1.11. The van der Waals surface area contributed by atoms with E-state index < -0.39 is 12.1 Å². The van der Waals surface area contributed by atoms with E-state index in [0.717, 1.165) is 0 Å². The lowest BCUT2D eigenvalue weighted by Crippen LogP contribution is -2.24. The van der Waals surface area contributed by atoms with Gasteiger partial charge in [0, 0.05) is 6.04 Å². The quantitative estimate of drug-likeness (QED) is 0.537. The van der Waals surface area contributed by atoms with Crippen LogP contribution in [0.3, 0.4) is 0 Å². The van der Waals surface area contributed by atoms with Crippen molar-refractivity contribution in [3.05, 3.63) is 23.8 Å². The van der Waals surface area contributed by atoms with Crippen LogP contribution in [0.1, 0.15) is 18.6 Å². The Balaban J connectivity index is 3.12. The van der Waals surface area contributed by atoms with Crippen LogP contribution >= 0.6 is 0 Å². The van der Waals surface area contributed by atoms with Crippen molar-refractivity contribution in [2.45, 2.75) is 19.1 Å². The SMILES string of the molecule is C[C@@H](N)[C@@H](O)c1c(O)cccc1O. The van der Waals surface area contributed by atoms with Gasteiger partial charge in [0.2, 0.25) is 0 Å². The van der Waals surface area contributed by atoms with Crippen LogP contribution < -0.4 is 5.73 Å². The molecule has 4 nitrogen and oxygen atoms in total. The summed E-state index contributed by atoms with van der Waals surface area (Å²) in [5.41, 5.74) is 5.51. The first-order chi connectivity index (χ1) is 6.04. The number of aliphatic hydroxyl groups is 1. The molecule has 0 saturated carbocycles. The minimum Gasteiger partial charge on any atom is -0.507 e. The predicted molar refractivity (Wildman–Crippen MR) is 48.4 cm³/mol. The van der Waals surface area contributed by atoms with Crippen molar-refractivity contribution in [2.75, 3.05) is 0 Å². The Hall–Kier alpha value is -1.26. The number of phenols is 2. The molecule has 13 heavy (non-hydrogen) atoms. The van der Waals surface area contributed by atoms with Crippen molar-refractivity contribution in [3.8, 4) is 11.5 Å². The molecule has 0 fully saturated rings. The van der Waals surface area contributed by atoms with Gasteiger partial charge in [0.1, 0.15) is 17.6 Å². The Bertz CT molecular complexity index is 279. The number of rotatable bonds is 2. The number of aromatic hydroxyl groups is 2. The third kappa shape index (κ3) is 1.91. The number of phenolic OH excluding ortho intramolecular Hbond substituents is 2. The minimum atomic E-state index is -1.05. The van der Waals surface area contributed by atoms with Crippen molar-refractivity contribution in [1.82, 2.24) is 0 Å². The molecular weight excluding hydrogens is 170 g/mol. The van der Waals surface area contributed by atoms with Gasteiger partial charge in [0.15, 0.2) is 0 Å². The second-order valence-electron chi connectivity index (χ2n) is 3.01. The number of benzene rings is 1. The van der Waals surface area contributed by atoms with E-state index in [1.165, 1.54) is 18.2 Å². The Morgan fingerprint density at radius 3 is 2.08 bits per heavy atom. The lowest BCUT2D eigenvalue weighted by Gasteiger charge is -2.16. The Kier molecular flexibility index (Phi) is 2.75. The molecule has 0 radical (unpaired) electrons. The first-order valence-corrected chi connectivity index (χ1v) is 3.98. The lowest BCUT2D eigenvalue weighted by molar-refractivity contribution is 0.146. The van der Waals surface area contributed by atoms with E-state index >= 15 is 0 Å². The zero-order chi connectivity index (χ0) is 10.0. The van der Waals surface area contributed by atoms with E-state index in [0.29, 0.717) is 0 Å². The number of hydrogen-bond acceptors (Lipinski definition) is 4. The van der Waals surface area contributed by atoms with Gasteiger partial charge in [0.05, 0.1) is 5.56 Å². The van der Waals surface area contributed by atoms with E-state index in [1.54, 1.807) is 6.92 Å². The smallest absolute Gasteiger partial charge is 0.125 e. The molecule has 1 rings (SSSR count). The number of hydrogen-bond donors (Lipinski definition) is 4. The van der Waals surface area contributed by atoms with Crippen LogP contribution in [0.4, 0.5) is 0 Å². The molecule has 0 saturated heterocycles. The molecule has 0 aliphatic rings. The fraction of sp³-hybridized carbons (Fsp3) is 0.333. The molecule has 0 bridgehead atoms. The van der Waals surface area contributed by atoms with Crippen LogP contribution in [0.5, 0.6) is 11.5 Å². The van der Waals surface area contributed by atoms with E-state index in [9.17, 15) is 15.3 Å². The monoisotopic (exact) mass is 183 g/mol. The van der Waals surface area contributed by atoms with E-state index in [2.05, 4.69) is 0 Å². The van der Waals surface area contributed by atoms with Gasteiger partial charge in [-0.3, -0.25) is 0 Å². The zero-order valence-electron chi connectivity index (χ0n) is 7.31. The van der Waals surface area contributed by atoms with E-state index in [-0.39, 0.29) is 17.1 Å². The van der Waals surface area contributed by atoms with E-state index in [1.807, 2.05) is 0 Å². The summed E-state index contributed by atoms with van der Waals surface area (Å²) < 4.78 is 0. The van der Waals surface area contributed by atoms with Crippen molar-refractivity contribution in [3.63, 3.8) is 0 Å². The number of aliphatic hydroxyl groups excluding tert-OH is 1. The summed E-state index contributed by atoms with van der Waals surface area (Å²) in [7, 11) is 0. The van der Waals surface area contributed by atoms with Crippen molar-refractivity contribution in [2.24, 2.45) is 5.73 Å². The molecule has 4 heteroatoms. The molecule has 5 N–H and O–H groups in total. The molecule has 0 unspecified atom stereocenters. The van der Waals surface area contributed by atoms with Gasteiger partial charge < -0.3 is 21.1 Å². The first kappa shape index (κ1) is 9.83. The third-order valence-electron chi connectivity index (χ3n) is 1.85. The van der Waals surface area contributed by atoms with Crippen LogP contribution in [-0.2, 0) is 0 Å². The van der Waals surface area contributed by atoms with Gasteiger partial charge in [0.25, 0.3) is 0 Å². The molecule has 0 spiro atoms. The standard InChI is InChI=1S/C9H13NO3/c1-5(10)9(13)8-6(11)3-2-4-7(8)12/h2-5,9,11-13H,10H2,1H3/t5-,9-/m1/s1. The molecule has 0 heterocycles. The average Bonchev–Trinajstić information content (AvgIpc) is 2.03. The molecular formula is C9H13NO3. The van der Waals surface area contributed by atoms with Crippen LogP contribution in [-0.4, -0.2) is 21.4 Å². The maximum Gasteiger partial charge on any atom is 0.125 e. The highest BCUT2D eigenvalue weighted by Crippen LogP contribution is 2.33. The highest BCUT2D eigenvalue weighted by atomic mass is 16.3. The van der Waals surface area contributed by atoms with Gasteiger partial charge in [-0.25, -0.2) is 0 Å². The summed E-state index contributed by atoms with van der Waals surface area (Å²) in [6.45, 7) is 1.59. The second-order valence-corrected chi connectivity index (χ2v) is 3.01. The van der Waals surface area contributed by atoms with Crippen LogP contribution in [0, 0.1) is 0 Å². The molecule has 0 aliphatic carbocycles. The number of nitrogens with two attached hydrogens (primary N) is 1. The van der Waals surface area contributed by atoms with Gasteiger partial charge >= 0.3 is 0 Å². The van der Waals surface area contributed by atoms with Gasteiger partial charge in [-0.05, 0) is 19.1 Å². The van der Waals surface area contributed by atoms with Crippen molar-refractivity contribution in [1.29, 1.82) is 0 Å². The van der Waals surface area contributed by atoms with Gasteiger partial charge in [-0.15, -0.1) is 0 Å². The summed E-state index contributed by atoms with van der Waals surface area (Å²) in [6, 6.07) is 3.72. The summed E-state index contributed by atoms with van der Waals surface area (Å²) in [5, 5.41) is 28.2. The van der Waals surface area contributed by atoms with Crippen molar-refractivity contribution >= 4 is 0 Å². The largest absolute Gasteiger partial charge is 0.507 e. The molecule has 2 atom stereocenters. The normalized spacial score (nSPS) is 15.3. The topological polar surface area (TPSA) is 86.7 Å². The lowest BCUT2D eigenvalue weighted by atomic mass is 10.0. The van der Waals surface area contributed by atoms with Crippen LogP contribution in [0.15, 0.2) is 18.2 Å². The zero-order valence-corrected chi connectivity index (χ0v) is 7.31. The molecule has 72 valence electrons. The maximum absolute atomic E-state index is 9.51. The van der Waals surface area contributed by atoms with Crippen LogP contribution in [0.2, 0.25) is 0 Å². The summed E-state index contributed by atoms with van der Waals surface area (Å²) in [6.07, 6.45) is -1.05. The fourth-order valence-electron chi connectivity index (χ4n) is 1.11. The third-order valence-corrected chi connectivity index (χ3v) is 1.85. The van der Waals surface area contributed by atoms with Gasteiger partial charge in [-0.1, -0.05) is 6.07 Å². The van der Waals surface area contributed by atoms with Crippen LogP contribution in [0.25, 0.3) is 0 Å². The summed E-state index contributed by atoms with van der Waals surface area (Å²) in [4.78, 5) is 0. The predicted octanol–water partition coefficient (Wildman–Crippen LogP) is 0.478. The molecule has 0 amide bonds. The Labute approximate surface area is 76.2 Å². The maximum atomic E-state index is 9.51. The highest BCUT2D eigenvalue weighted by Gasteiger charge is 2.19. The second kappa shape index (κ2) is 3.64. The first-order valence-electron chi connectivity index (χ1n) is 3.98. The molecule has 1 aromatic carbocycles. The summed E-state index contributed by atoms with van der Waals surface area (Å²) in [5.74, 6) is -0.297. The molecule has 1 aromatic rings.